The van der Waals surface area contributed by atoms with E-state index in [1.807, 2.05) is 38.1 Å². The number of pyridine rings is 1. The first-order valence-electron chi connectivity index (χ1n) is 6.90. The summed E-state index contributed by atoms with van der Waals surface area (Å²) in [6, 6.07) is 7.85. The van der Waals surface area contributed by atoms with Gasteiger partial charge >= 0.3 is 0 Å². The lowest BCUT2D eigenvalue weighted by Gasteiger charge is -2.17. The van der Waals surface area contributed by atoms with Gasteiger partial charge in [0, 0.05) is 17.1 Å². The molecule has 1 aromatic carbocycles. The molecule has 0 aliphatic carbocycles. The van der Waals surface area contributed by atoms with Crippen molar-refractivity contribution in [3.8, 4) is 0 Å². The van der Waals surface area contributed by atoms with Crippen LogP contribution in [0.2, 0.25) is 0 Å². The van der Waals surface area contributed by atoms with Crippen LogP contribution in [0.25, 0.3) is 10.9 Å². The Kier molecular flexibility index (Phi) is 3.25. The van der Waals surface area contributed by atoms with Crippen molar-refractivity contribution in [2.24, 2.45) is 0 Å². The van der Waals surface area contributed by atoms with Crippen molar-refractivity contribution < 1.29 is 4.52 Å². The second-order valence-electron chi connectivity index (χ2n) is 5.20. The van der Waals surface area contributed by atoms with Gasteiger partial charge in [-0.15, -0.1) is 0 Å². The van der Waals surface area contributed by atoms with E-state index in [-0.39, 0.29) is 6.04 Å². The molecule has 0 aliphatic rings. The van der Waals surface area contributed by atoms with E-state index in [9.17, 15) is 0 Å². The molecular formula is C16H18N4O. The zero-order valence-electron chi connectivity index (χ0n) is 12.3. The van der Waals surface area contributed by atoms with Gasteiger partial charge in [0.25, 0.3) is 0 Å². The molecule has 0 spiro atoms. The van der Waals surface area contributed by atoms with Gasteiger partial charge in [0.2, 0.25) is 0 Å². The van der Waals surface area contributed by atoms with E-state index < -0.39 is 0 Å². The maximum Gasteiger partial charge on any atom is 0.139 e. The third kappa shape index (κ3) is 2.31. The zero-order chi connectivity index (χ0) is 15.0. The highest BCUT2D eigenvalue weighted by Gasteiger charge is 2.17. The fraction of sp³-hybridized carbons (Fsp3) is 0.250. The first kappa shape index (κ1) is 13.4. The maximum atomic E-state index is 6.26. The van der Waals surface area contributed by atoms with E-state index in [4.69, 9.17) is 10.3 Å². The number of nitrogen functional groups attached to an aromatic ring is 1. The molecule has 1 atom stereocenters. The Balaban J connectivity index is 1.97. The lowest BCUT2D eigenvalue weighted by Crippen LogP contribution is -2.10. The molecule has 3 N–H and O–H groups in total. The zero-order valence-corrected chi connectivity index (χ0v) is 12.3. The van der Waals surface area contributed by atoms with Gasteiger partial charge in [-0.2, -0.15) is 0 Å². The van der Waals surface area contributed by atoms with Crippen LogP contribution in [0.1, 0.15) is 30.0 Å². The number of hydrogen-bond donors (Lipinski definition) is 2. The number of benzene rings is 1. The summed E-state index contributed by atoms with van der Waals surface area (Å²) in [5, 5.41) is 8.38. The smallest absolute Gasteiger partial charge is 0.139 e. The minimum absolute atomic E-state index is 0.0627. The summed E-state index contributed by atoms with van der Waals surface area (Å²) >= 11 is 0. The van der Waals surface area contributed by atoms with Crippen molar-refractivity contribution in [2.45, 2.75) is 26.8 Å². The molecule has 0 aliphatic heterocycles. The van der Waals surface area contributed by atoms with Crippen LogP contribution in [0.3, 0.4) is 0 Å². The highest BCUT2D eigenvalue weighted by molar-refractivity contribution is 5.96. The Morgan fingerprint density at radius 1 is 1.24 bits per heavy atom. The number of anilines is 2. The fourth-order valence-corrected chi connectivity index (χ4v) is 2.71. The summed E-state index contributed by atoms with van der Waals surface area (Å²) in [7, 11) is 0. The Labute approximate surface area is 123 Å². The van der Waals surface area contributed by atoms with Gasteiger partial charge in [-0.25, -0.2) is 0 Å². The number of hydrogen-bond acceptors (Lipinski definition) is 5. The lowest BCUT2D eigenvalue weighted by atomic mass is 10.1. The van der Waals surface area contributed by atoms with E-state index in [1.54, 1.807) is 6.20 Å². The van der Waals surface area contributed by atoms with Gasteiger partial charge in [0.15, 0.2) is 0 Å². The molecule has 1 unspecified atom stereocenters. The molecule has 0 bridgehead atoms. The first-order chi connectivity index (χ1) is 10.1. The molecule has 2 heterocycles. The van der Waals surface area contributed by atoms with E-state index in [1.165, 1.54) is 0 Å². The van der Waals surface area contributed by atoms with Crippen molar-refractivity contribution in [2.75, 3.05) is 11.1 Å². The number of nitrogens with one attached hydrogen (secondary N) is 1. The van der Waals surface area contributed by atoms with E-state index in [0.29, 0.717) is 5.69 Å². The first-order valence-corrected chi connectivity index (χ1v) is 6.90. The summed E-state index contributed by atoms with van der Waals surface area (Å²) in [4.78, 5) is 4.31. The molecule has 3 aromatic rings. The number of aryl methyl sites for hydroxylation is 2. The van der Waals surface area contributed by atoms with Gasteiger partial charge in [-0.1, -0.05) is 5.16 Å². The Hall–Kier alpha value is -2.56. The number of nitrogens with zero attached hydrogens (tertiary/aromatic N) is 2. The predicted octanol–water partition coefficient (Wildman–Crippen LogP) is 3.59. The molecule has 3 rings (SSSR count). The molecule has 0 fully saturated rings. The predicted molar refractivity (Wildman–Crippen MR) is 84.2 cm³/mol. The molecule has 5 heteroatoms. The van der Waals surface area contributed by atoms with Crippen LogP contribution in [0.5, 0.6) is 0 Å². The Morgan fingerprint density at radius 2 is 2.05 bits per heavy atom. The molecule has 5 nitrogen and oxygen atoms in total. The molecule has 0 radical (unpaired) electrons. The average Bonchev–Trinajstić information content (AvgIpc) is 2.81. The second-order valence-corrected chi connectivity index (χ2v) is 5.20. The summed E-state index contributed by atoms with van der Waals surface area (Å²) < 4.78 is 5.22. The molecule has 108 valence electrons. The van der Waals surface area contributed by atoms with Crippen molar-refractivity contribution in [3.05, 3.63) is 47.5 Å². The van der Waals surface area contributed by atoms with Gasteiger partial charge < -0.3 is 15.6 Å². The minimum atomic E-state index is 0.0627. The third-order valence-corrected chi connectivity index (χ3v) is 3.72. The van der Waals surface area contributed by atoms with E-state index in [0.717, 1.165) is 33.6 Å². The molecule has 0 amide bonds. The normalized spacial score (nSPS) is 12.5. The molecule has 21 heavy (non-hydrogen) atoms. The number of aromatic nitrogens is 2. The van der Waals surface area contributed by atoms with Crippen LogP contribution in [-0.4, -0.2) is 10.1 Å². The third-order valence-electron chi connectivity index (χ3n) is 3.72. The molecule has 0 saturated carbocycles. The molecule has 2 aromatic heterocycles. The van der Waals surface area contributed by atoms with Gasteiger partial charge in [-0.3, -0.25) is 4.98 Å². The molecular weight excluding hydrogens is 264 g/mol. The summed E-state index contributed by atoms with van der Waals surface area (Å²) in [6.45, 7) is 5.93. The topological polar surface area (TPSA) is 77.0 Å². The van der Waals surface area contributed by atoms with Crippen molar-refractivity contribution in [1.29, 1.82) is 0 Å². The van der Waals surface area contributed by atoms with Crippen LogP contribution < -0.4 is 11.1 Å². The maximum absolute atomic E-state index is 6.26. The minimum Gasteiger partial charge on any atom is -0.397 e. The average molecular weight is 282 g/mol. The lowest BCUT2D eigenvalue weighted by molar-refractivity contribution is 0.392. The van der Waals surface area contributed by atoms with Crippen LogP contribution >= 0.6 is 0 Å². The number of nitrogens with two attached hydrogens (primary N) is 1. The quantitative estimate of drug-likeness (QED) is 0.718. The monoisotopic (exact) mass is 282 g/mol. The highest BCUT2D eigenvalue weighted by Crippen LogP contribution is 2.31. The highest BCUT2D eigenvalue weighted by atomic mass is 16.5. The largest absolute Gasteiger partial charge is 0.397 e. The SMILES string of the molecule is Cc1noc(C)c1C(C)Nc1ccc2ncccc2c1N. The summed E-state index contributed by atoms with van der Waals surface area (Å²) in [6.07, 6.45) is 1.77. The summed E-state index contributed by atoms with van der Waals surface area (Å²) in [5.74, 6) is 0.827. The Bertz CT molecular complexity index is 775. The second kappa shape index (κ2) is 5.09. The van der Waals surface area contributed by atoms with Crippen molar-refractivity contribution in [1.82, 2.24) is 10.1 Å². The number of fused-ring (bicyclic) bond motifs is 1. The van der Waals surface area contributed by atoms with Crippen LogP contribution in [0.15, 0.2) is 35.0 Å². The Morgan fingerprint density at radius 3 is 2.76 bits per heavy atom. The fourth-order valence-electron chi connectivity index (χ4n) is 2.71. The van der Waals surface area contributed by atoms with E-state index >= 15 is 0 Å². The van der Waals surface area contributed by atoms with E-state index in [2.05, 4.69) is 22.4 Å². The van der Waals surface area contributed by atoms with Crippen LogP contribution in [0.4, 0.5) is 11.4 Å². The van der Waals surface area contributed by atoms with Crippen LogP contribution in [-0.2, 0) is 0 Å². The summed E-state index contributed by atoms with van der Waals surface area (Å²) in [5.41, 5.74) is 10.7. The van der Waals surface area contributed by atoms with Crippen molar-refractivity contribution in [3.63, 3.8) is 0 Å². The molecule has 0 saturated heterocycles. The standard InChI is InChI=1S/C16H18N4O/c1-9(15-10(2)20-21-11(15)3)19-14-7-6-13-12(16(14)17)5-4-8-18-13/h4-9,19H,17H2,1-3H3. The van der Waals surface area contributed by atoms with Crippen LogP contribution in [0, 0.1) is 13.8 Å². The van der Waals surface area contributed by atoms with Gasteiger partial charge in [0.1, 0.15) is 5.76 Å². The van der Waals surface area contributed by atoms with Crippen molar-refractivity contribution >= 4 is 22.3 Å². The number of rotatable bonds is 3. The van der Waals surface area contributed by atoms with Gasteiger partial charge in [0.05, 0.1) is 28.6 Å². The van der Waals surface area contributed by atoms with Gasteiger partial charge in [-0.05, 0) is 45.0 Å².